The first-order valence-electron chi connectivity index (χ1n) is 13.4. The van der Waals surface area contributed by atoms with Crippen LogP contribution in [0.1, 0.15) is 53.7 Å². The number of morpholine rings is 1. The summed E-state index contributed by atoms with van der Waals surface area (Å²) in [6, 6.07) is 12.7. The Balaban J connectivity index is 1.67. The van der Waals surface area contributed by atoms with Gasteiger partial charge in [0.05, 0.1) is 44.1 Å². The molecule has 2 heterocycles. The molecule has 4 rings (SSSR count). The van der Waals surface area contributed by atoms with Gasteiger partial charge in [-0.2, -0.15) is 0 Å². The van der Waals surface area contributed by atoms with Crippen LogP contribution in [0.15, 0.2) is 54.1 Å². The van der Waals surface area contributed by atoms with Gasteiger partial charge in [-0.05, 0) is 42.7 Å². The van der Waals surface area contributed by atoms with Gasteiger partial charge in [0.2, 0.25) is 0 Å². The second-order valence-corrected chi connectivity index (χ2v) is 9.64. The maximum absolute atomic E-state index is 13.4. The van der Waals surface area contributed by atoms with Gasteiger partial charge >= 0.3 is 5.97 Å². The number of aliphatic hydroxyl groups is 1. The molecule has 2 fully saturated rings. The minimum Gasteiger partial charge on any atom is -0.507 e. The molecule has 39 heavy (non-hydrogen) atoms. The van der Waals surface area contributed by atoms with Crippen LogP contribution in [0.5, 0.6) is 5.75 Å². The average Bonchev–Trinajstić information content (AvgIpc) is 3.22. The molecular weight excluding hydrogens is 500 g/mol. The molecule has 9 nitrogen and oxygen atoms in total. The Hall–Kier alpha value is -3.69. The molecule has 2 aliphatic rings. The van der Waals surface area contributed by atoms with E-state index >= 15 is 0 Å². The summed E-state index contributed by atoms with van der Waals surface area (Å²) in [6.45, 7) is 6.72. The summed E-state index contributed by atoms with van der Waals surface area (Å²) < 4.78 is 16.0. The molecule has 0 bridgehead atoms. The van der Waals surface area contributed by atoms with Gasteiger partial charge in [-0.1, -0.05) is 37.6 Å². The third-order valence-corrected chi connectivity index (χ3v) is 7.04. The number of Topliss-reactive ketones (excluding diaryl/α,β-unsaturated/α-hetero) is 1. The van der Waals surface area contributed by atoms with Crippen LogP contribution in [0, 0.1) is 0 Å². The largest absolute Gasteiger partial charge is 0.507 e. The van der Waals surface area contributed by atoms with Crippen molar-refractivity contribution in [2.24, 2.45) is 0 Å². The van der Waals surface area contributed by atoms with Crippen LogP contribution in [-0.4, -0.2) is 85.7 Å². The topological polar surface area (TPSA) is 106 Å². The number of unbranched alkanes of at least 4 members (excludes halogenated alkanes) is 1. The molecule has 2 saturated heterocycles. The van der Waals surface area contributed by atoms with E-state index < -0.39 is 23.7 Å². The molecule has 2 aliphatic heterocycles. The van der Waals surface area contributed by atoms with Crippen molar-refractivity contribution in [3.8, 4) is 5.75 Å². The molecule has 0 spiro atoms. The molecular formula is C30H36N2O7. The number of rotatable bonds is 11. The van der Waals surface area contributed by atoms with Crippen LogP contribution in [0.2, 0.25) is 0 Å². The summed E-state index contributed by atoms with van der Waals surface area (Å²) >= 11 is 0. The molecule has 1 N–H and O–H groups in total. The van der Waals surface area contributed by atoms with Gasteiger partial charge in [-0.3, -0.25) is 14.5 Å². The monoisotopic (exact) mass is 536 g/mol. The van der Waals surface area contributed by atoms with E-state index in [0.717, 1.165) is 32.5 Å². The van der Waals surface area contributed by atoms with Crippen LogP contribution < -0.4 is 4.74 Å². The lowest BCUT2D eigenvalue weighted by molar-refractivity contribution is -0.140. The normalized spacial score (nSPS) is 19.3. The molecule has 0 aliphatic carbocycles. The quantitative estimate of drug-likeness (QED) is 0.152. The van der Waals surface area contributed by atoms with Crippen LogP contribution in [0.4, 0.5) is 0 Å². The van der Waals surface area contributed by atoms with Crippen molar-refractivity contribution in [2.75, 3.05) is 53.1 Å². The van der Waals surface area contributed by atoms with E-state index in [0.29, 0.717) is 55.2 Å². The Morgan fingerprint density at radius 3 is 2.46 bits per heavy atom. The lowest BCUT2D eigenvalue weighted by Gasteiger charge is -2.29. The van der Waals surface area contributed by atoms with E-state index in [-0.39, 0.29) is 11.3 Å². The third kappa shape index (κ3) is 6.66. The molecule has 0 radical (unpaired) electrons. The summed E-state index contributed by atoms with van der Waals surface area (Å²) in [5.74, 6) is -1.56. The number of hydrogen-bond acceptors (Lipinski definition) is 8. The zero-order valence-electron chi connectivity index (χ0n) is 22.6. The molecule has 1 amide bonds. The fourth-order valence-electron chi connectivity index (χ4n) is 4.89. The number of likely N-dealkylation sites (tertiary alicyclic amines) is 1. The van der Waals surface area contributed by atoms with Crippen LogP contribution in [0.3, 0.4) is 0 Å². The summed E-state index contributed by atoms with van der Waals surface area (Å²) in [6.07, 6.45) is 2.54. The molecule has 0 saturated carbocycles. The number of esters is 1. The number of ketones is 1. The Morgan fingerprint density at radius 1 is 1.03 bits per heavy atom. The summed E-state index contributed by atoms with van der Waals surface area (Å²) in [5, 5.41) is 11.4. The lowest BCUT2D eigenvalue weighted by atomic mass is 9.94. The lowest BCUT2D eigenvalue weighted by Crippen LogP contribution is -2.39. The average molecular weight is 537 g/mol. The molecule has 2 aromatic carbocycles. The number of methoxy groups -OCH3 is 1. The molecule has 9 heteroatoms. The van der Waals surface area contributed by atoms with Gasteiger partial charge < -0.3 is 24.2 Å². The number of amides is 1. The number of benzene rings is 2. The highest BCUT2D eigenvalue weighted by atomic mass is 16.5. The van der Waals surface area contributed by atoms with E-state index in [1.165, 1.54) is 12.0 Å². The number of hydrogen-bond donors (Lipinski definition) is 1. The first kappa shape index (κ1) is 28.3. The minimum absolute atomic E-state index is 0.0166. The molecule has 0 aromatic heterocycles. The Labute approximate surface area is 228 Å². The van der Waals surface area contributed by atoms with Crippen molar-refractivity contribution in [1.29, 1.82) is 0 Å². The van der Waals surface area contributed by atoms with Gasteiger partial charge in [0, 0.05) is 31.7 Å². The van der Waals surface area contributed by atoms with Crippen molar-refractivity contribution in [2.45, 2.75) is 32.2 Å². The zero-order valence-corrected chi connectivity index (χ0v) is 22.6. The second kappa shape index (κ2) is 13.4. The number of ether oxygens (including phenoxy) is 3. The Morgan fingerprint density at radius 2 is 1.77 bits per heavy atom. The van der Waals surface area contributed by atoms with Crippen LogP contribution in [-0.2, 0) is 19.1 Å². The predicted octanol–water partition coefficient (Wildman–Crippen LogP) is 3.80. The van der Waals surface area contributed by atoms with Crippen molar-refractivity contribution in [1.82, 2.24) is 9.80 Å². The minimum atomic E-state index is -0.800. The number of nitrogens with zero attached hydrogens (tertiary/aromatic N) is 2. The number of aliphatic hydroxyl groups excluding tert-OH is 1. The second-order valence-electron chi connectivity index (χ2n) is 9.64. The number of carbonyl (C=O) groups is 3. The van der Waals surface area contributed by atoms with E-state index in [1.54, 1.807) is 48.5 Å². The van der Waals surface area contributed by atoms with Crippen molar-refractivity contribution in [3.05, 3.63) is 70.8 Å². The van der Waals surface area contributed by atoms with Gasteiger partial charge in [-0.15, -0.1) is 0 Å². The van der Waals surface area contributed by atoms with Crippen molar-refractivity contribution >= 4 is 23.4 Å². The molecule has 208 valence electrons. The van der Waals surface area contributed by atoms with Crippen LogP contribution >= 0.6 is 0 Å². The van der Waals surface area contributed by atoms with E-state index in [2.05, 4.69) is 11.8 Å². The zero-order chi connectivity index (χ0) is 27.8. The fourth-order valence-corrected chi connectivity index (χ4v) is 4.89. The van der Waals surface area contributed by atoms with Crippen LogP contribution in [0.25, 0.3) is 5.76 Å². The summed E-state index contributed by atoms with van der Waals surface area (Å²) in [4.78, 5) is 42.4. The van der Waals surface area contributed by atoms with Gasteiger partial charge in [-0.25, -0.2) is 4.79 Å². The first-order valence-corrected chi connectivity index (χ1v) is 13.4. The molecule has 1 atom stereocenters. The maximum Gasteiger partial charge on any atom is 0.337 e. The molecule has 2 aromatic rings. The fraction of sp³-hybridized carbons (Fsp3) is 0.433. The van der Waals surface area contributed by atoms with E-state index in [1.807, 2.05) is 0 Å². The highest BCUT2D eigenvalue weighted by Crippen LogP contribution is 2.40. The van der Waals surface area contributed by atoms with E-state index in [4.69, 9.17) is 14.2 Å². The smallest absolute Gasteiger partial charge is 0.337 e. The maximum atomic E-state index is 13.4. The first-order chi connectivity index (χ1) is 18.9. The SMILES string of the molecule is CCCCOc1cccc(/C(O)=C2\C(=O)C(=O)N(CCCN3CCOCC3)C2c2ccc(C(=O)OC)cc2)c1. The summed E-state index contributed by atoms with van der Waals surface area (Å²) in [7, 11) is 1.31. The summed E-state index contributed by atoms with van der Waals surface area (Å²) in [5.41, 5.74) is 1.38. The highest BCUT2D eigenvalue weighted by Gasteiger charge is 2.45. The van der Waals surface area contributed by atoms with Crippen molar-refractivity contribution < 1.29 is 33.7 Å². The highest BCUT2D eigenvalue weighted by molar-refractivity contribution is 6.46. The molecule has 1 unspecified atom stereocenters. The van der Waals surface area contributed by atoms with E-state index in [9.17, 15) is 19.5 Å². The van der Waals surface area contributed by atoms with Gasteiger partial charge in [0.25, 0.3) is 11.7 Å². The number of carbonyl (C=O) groups excluding carboxylic acids is 3. The van der Waals surface area contributed by atoms with Crippen molar-refractivity contribution in [3.63, 3.8) is 0 Å². The Kier molecular flexibility index (Phi) is 9.73. The predicted molar refractivity (Wildman–Crippen MR) is 146 cm³/mol. The standard InChI is InChI=1S/C30H36N2O7/c1-3-4-17-39-24-8-5-7-23(20-24)27(33)25-26(21-9-11-22(12-10-21)30(36)37-2)32(29(35)28(25)34)14-6-13-31-15-18-38-19-16-31/h5,7-12,20,26,33H,3-4,6,13-19H2,1-2H3/b27-25+. The van der Waals surface area contributed by atoms with Gasteiger partial charge in [0.1, 0.15) is 11.5 Å². The Bertz CT molecular complexity index is 1200. The van der Waals surface area contributed by atoms with Gasteiger partial charge in [0.15, 0.2) is 0 Å². The third-order valence-electron chi connectivity index (χ3n) is 7.04.